The maximum absolute atomic E-state index is 14.0. The van der Waals surface area contributed by atoms with E-state index < -0.39 is 37.3 Å². The van der Waals surface area contributed by atoms with Crippen LogP contribution < -0.4 is 4.74 Å². The first-order valence-electron chi connectivity index (χ1n) is 9.94. The van der Waals surface area contributed by atoms with E-state index in [-0.39, 0.29) is 17.7 Å². The SMILES string of the molecule is Cc1ccc(Cc2c(O[C@@H]3O[C@H](CO)[C@@H](O)[C@H](O)[C@H]3O)nn(C(C)C)c2C)cc1F. The van der Waals surface area contributed by atoms with E-state index in [1.165, 1.54) is 6.07 Å². The second kappa shape index (κ2) is 8.99. The van der Waals surface area contributed by atoms with E-state index in [4.69, 9.17) is 9.47 Å². The molecule has 2 aromatic rings. The molecular formula is C21H29FN2O6. The Labute approximate surface area is 174 Å². The number of hydrogen-bond donors (Lipinski definition) is 4. The Hall–Kier alpha value is -2.04. The van der Waals surface area contributed by atoms with E-state index in [2.05, 4.69) is 5.10 Å². The third kappa shape index (κ3) is 4.35. The van der Waals surface area contributed by atoms with Gasteiger partial charge in [-0.2, -0.15) is 0 Å². The molecule has 1 aromatic carbocycles. The van der Waals surface area contributed by atoms with E-state index in [0.29, 0.717) is 17.5 Å². The number of aliphatic hydroxyl groups is 4. The molecule has 166 valence electrons. The van der Waals surface area contributed by atoms with Gasteiger partial charge in [-0.15, -0.1) is 5.10 Å². The van der Waals surface area contributed by atoms with Crippen molar-refractivity contribution >= 4 is 0 Å². The number of nitrogens with zero attached hydrogens (tertiary/aromatic N) is 2. The summed E-state index contributed by atoms with van der Waals surface area (Å²) < 4.78 is 27.0. The third-order valence-electron chi connectivity index (χ3n) is 5.42. The number of rotatable bonds is 6. The zero-order valence-electron chi connectivity index (χ0n) is 17.5. The monoisotopic (exact) mass is 424 g/mol. The quantitative estimate of drug-likeness (QED) is 0.546. The summed E-state index contributed by atoms with van der Waals surface area (Å²) in [5, 5.41) is 44.1. The highest BCUT2D eigenvalue weighted by molar-refractivity contribution is 5.37. The number of benzene rings is 1. The molecule has 9 heteroatoms. The number of aliphatic hydroxyl groups excluding tert-OH is 4. The first-order chi connectivity index (χ1) is 14.1. The van der Waals surface area contributed by atoms with Gasteiger partial charge >= 0.3 is 0 Å². The second-order valence-electron chi connectivity index (χ2n) is 7.98. The van der Waals surface area contributed by atoms with Gasteiger partial charge in [0.05, 0.1) is 6.61 Å². The molecule has 1 aliphatic heterocycles. The number of ether oxygens (including phenoxy) is 2. The van der Waals surface area contributed by atoms with Crippen LogP contribution in [0.5, 0.6) is 5.88 Å². The van der Waals surface area contributed by atoms with Crippen LogP contribution in [0.25, 0.3) is 0 Å². The molecule has 30 heavy (non-hydrogen) atoms. The fourth-order valence-electron chi connectivity index (χ4n) is 3.55. The average Bonchev–Trinajstić information content (AvgIpc) is 3.01. The lowest BCUT2D eigenvalue weighted by atomic mass is 9.99. The van der Waals surface area contributed by atoms with Gasteiger partial charge in [-0.1, -0.05) is 12.1 Å². The Kier molecular flexibility index (Phi) is 6.78. The Morgan fingerprint density at radius 3 is 2.47 bits per heavy atom. The molecule has 1 aromatic heterocycles. The summed E-state index contributed by atoms with van der Waals surface area (Å²) >= 11 is 0. The summed E-state index contributed by atoms with van der Waals surface area (Å²) in [6.07, 6.45) is -6.67. The van der Waals surface area contributed by atoms with Crippen LogP contribution in [-0.2, 0) is 11.2 Å². The second-order valence-corrected chi connectivity index (χ2v) is 7.98. The molecule has 2 heterocycles. The summed E-state index contributed by atoms with van der Waals surface area (Å²) in [6, 6.07) is 5.00. The first-order valence-corrected chi connectivity index (χ1v) is 9.94. The number of hydrogen-bond acceptors (Lipinski definition) is 7. The van der Waals surface area contributed by atoms with Crippen molar-refractivity contribution in [3.8, 4) is 5.88 Å². The minimum Gasteiger partial charge on any atom is -0.443 e. The van der Waals surface area contributed by atoms with E-state index in [9.17, 15) is 24.8 Å². The van der Waals surface area contributed by atoms with Crippen molar-refractivity contribution in [1.82, 2.24) is 9.78 Å². The first kappa shape index (κ1) is 22.6. The van der Waals surface area contributed by atoms with Gasteiger partial charge in [-0.25, -0.2) is 4.39 Å². The molecule has 3 rings (SSSR count). The lowest BCUT2D eigenvalue weighted by Crippen LogP contribution is -2.60. The number of aryl methyl sites for hydroxylation is 1. The summed E-state index contributed by atoms with van der Waals surface area (Å²) in [5.74, 6) is -0.135. The van der Waals surface area contributed by atoms with E-state index in [1.807, 2.05) is 26.8 Å². The third-order valence-corrected chi connectivity index (χ3v) is 5.42. The zero-order chi connectivity index (χ0) is 22.2. The predicted octanol–water partition coefficient (Wildman–Crippen LogP) is 0.989. The molecule has 0 bridgehead atoms. The molecule has 5 atom stereocenters. The maximum Gasteiger partial charge on any atom is 0.239 e. The Bertz CT molecular complexity index is 885. The molecule has 0 radical (unpaired) electrons. The standard InChI is InChI=1S/C21H29FN2O6/c1-10(2)24-12(4)14(7-13-6-5-11(3)15(22)8-13)20(23-24)30-21-19(28)18(27)17(26)16(9-25)29-21/h5-6,8,10,16-19,21,25-28H,7,9H2,1-4H3/t16-,17-,18+,19-,21+/m1/s1. The van der Waals surface area contributed by atoms with Crippen LogP contribution >= 0.6 is 0 Å². The zero-order valence-corrected chi connectivity index (χ0v) is 17.5. The molecule has 1 fully saturated rings. The van der Waals surface area contributed by atoms with Crippen LogP contribution in [0.2, 0.25) is 0 Å². The summed E-state index contributed by atoms with van der Waals surface area (Å²) in [4.78, 5) is 0. The Morgan fingerprint density at radius 2 is 1.87 bits per heavy atom. The highest BCUT2D eigenvalue weighted by Gasteiger charge is 2.45. The number of aromatic nitrogens is 2. The lowest BCUT2D eigenvalue weighted by molar-refractivity contribution is -0.278. The van der Waals surface area contributed by atoms with Crippen molar-refractivity contribution < 1.29 is 34.3 Å². The van der Waals surface area contributed by atoms with Crippen LogP contribution in [0.3, 0.4) is 0 Å². The summed E-state index contributed by atoms with van der Waals surface area (Å²) in [5.41, 5.74) is 2.77. The molecule has 8 nitrogen and oxygen atoms in total. The molecule has 0 unspecified atom stereocenters. The molecule has 1 aliphatic rings. The predicted molar refractivity (Wildman–Crippen MR) is 106 cm³/mol. The fourth-order valence-corrected chi connectivity index (χ4v) is 3.55. The Balaban J connectivity index is 1.93. The van der Waals surface area contributed by atoms with Crippen molar-refractivity contribution in [3.05, 3.63) is 46.4 Å². The van der Waals surface area contributed by atoms with Crippen LogP contribution in [-0.4, -0.2) is 67.5 Å². The summed E-state index contributed by atoms with van der Waals surface area (Å²) in [7, 11) is 0. The van der Waals surface area contributed by atoms with Gasteiger partial charge in [-0.3, -0.25) is 4.68 Å². The minimum atomic E-state index is -1.55. The normalized spacial score (nSPS) is 26.9. The average molecular weight is 424 g/mol. The molecule has 0 amide bonds. The van der Waals surface area contributed by atoms with Gasteiger partial charge in [0, 0.05) is 23.7 Å². The minimum absolute atomic E-state index is 0.0191. The van der Waals surface area contributed by atoms with E-state index in [0.717, 1.165) is 11.3 Å². The van der Waals surface area contributed by atoms with Gasteiger partial charge in [0.15, 0.2) is 0 Å². The van der Waals surface area contributed by atoms with Crippen LogP contribution in [0.4, 0.5) is 4.39 Å². The molecule has 4 N–H and O–H groups in total. The van der Waals surface area contributed by atoms with Crippen molar-refractivity contribution in [2.45, 2.75) is 70.9 Å². The van der Waals surface area contributed by atoms with Crippen LogP contribution in [0.15, 0.2) is 18.2 Å². The topological polar surface area (TPSA) is 117 Å². The molecule has 0 saturated carbocycles. The number of halogens is 1. The van der Waals surface area contributed by atoms with Gasteiger partial charge in [-0.05, 0) is 44.9 Å². The van der Waals surface area contributed by atoms with Crippen molar-refractivity contribution in [2.75, 3.05) is 6.61 Å². The van der Waals surface area contributed by atoms with Gasteiger partial charge < -0.3 is 29.9 Å². The van der Waals surface area contributed by atoms with E-state index >= 15 is 0 Å². The Morgan fingerprint density at radius 1 is 1.17 bits per heavy atom. The smallest absolute Gasteiger partial charge is 0.239 e. The highest BCUT2D eigenvalue weighted by atomic mass is 19.1. The molecule has 0 aliphatic carbocycles. The molecule has 1 saturated heterocycles. The maximum atomic E-state index is 14.0. The summed E-state index contributed by atoms with van der Waals surface area (Å²) in [6.45, 7) is 6.90. The van der Waals surface area contributed by atoms with Crippen LogP contribution in [0.1, 0.15) is 42.3 Å². The fraction of sp³-hybridized carbons (Fsp3) is 0.571. The van der Waals surface area contributed by atoms with Crippen molar-refractivity contribution in [3.63, 3.8) is 0 Å². The molecule has 0 spiro atoms. The highest BCUT2D eigenvalue weighted by Crippen LogP contribution is 2.30. The van der Waals surface area contributed by atoms with Crippen molar-refractivity contribution in [1.29, 1.82) is 0 Å². The van der Waals surface area contributed by atoms with Gasteiger partial charge in [0.25, 0.3) is 0 Å². The van der Waals surface area contributed by atoms with E-state index in [1.54, 1.807) is 17.7 Å². The molecular weight excluding hydrogens is 395 g/mol. The lowest BCUT2D eigenvalue weighted by Gasteiger charge is -2.39. The van der Waals surface area contributed by atoms with Crippen LogP contribution in [0, 0.1) is 19.7 Å². The van der Waals surface area contributed by atoms with Gasteiger partial charge in [0.2, 0.25) is 12.2 Å². The van der Waals surface area contributed by atoms with Crippen molar-refractivity contribution in [2.24, 2.45) is 0 Å². The van der Waals surface area contributed by atoms with Gasteiger partial charge in [0.1, 0.15) is 30.2 Å². The largest absolute Gasteiger partial charge is 0.443 e.